The summed E-state index contributed by atoms with van der Waals surface area (Å²) in [7, 11) is 1.24. The van der Waals surface area contributed by atoms with Crippen LogP contribution in [0.25, 0.3) is 0 Å². The maximum atomic E-state index is 14.3. The quantitative estimate of drug-likeness (QED) is 0.259. The minimum absolute atomic E-state index is 0.0368. The SMILES string of the molecule is COc1ccc(Cc2cnc(C(=O)Nc3ccc(C(=O)N4CCN(C(=O)CCOCCC(N)=O)CC4)c(Cl)c3)[nH]2)c(F)c1F. The predicted molar refractivity (Wildman–Crippen MR) is 155 cm³/mol. The molecule has 15 heteroatoms. The molecule has 0 saturated carbocycles. The van der Waals surface area contributed by atoms with Gasteiger partial charge >= 0.3 is 0 Å². The Morgan fingerprint density at radius 2 is 1.73 bits per heavy atom. The van der Waals surface area contributed by atoms with E-state index in [9.17, 15) is 28.0 Å². The van der Waals surface area contributed by atoms with Crippen LogP contribution in [0.4, 0.5) is 14.5 Å². The van der Waals surface area contributed by atoms with E-state index in [2.05, 4.69) is 15.3 Å². The van der Waals surface area contributed by atoms with Crippen LogP contribution in [0.5, 0.6) is 5.75 Å². The van der Waals surface area contributed by atoms with Crippen LogP contribution in [0.15, 0.2) is 36.5 Å². The molecule has 12 nitrogen and oxygen atoms in total. The van der Waals surface area contributed by atoms with Crippen LogP contribution >= 0.6 is 11.6 Å². The molecule has 2 heterocycles. The first kappa shape index (κ1) is 32.4. The second kappa shape index (κ2) is 14.8. The monoisotopic (exact) mass is 632 g/mol. The zero-order valence-corrected chi connectivity index (χ0v) is 24.6. The minimum Gasteiger partial charge on any atom is -0.494 e. The molecule has 4 N–H and O–H groups in total. The number of piperazine rings is 1. The third-order valence-corrected chi connectivity index (χ3v) is 7.21. The zero-order chi connectivity index (χ0) is 31.8. The number of amides is 4. The van der Waals surface area contributed by atoms with E-state index >= 15 is 0 Å². The van der Waals surface area contributed by atoms with Crippen molar-refractivity contribution in [3.05, 3.63) is 75.8 Å². The van der Waals surface area contributed by atoms with Crippen molar-refractivity contribution in [2.75, 3.05) is 51.8 Å². The number of hydrogen-bond donors (Lipinski definition) is 3. The Kier molecular flexibility index (Phi) is 10.8. The molecule has 4 rings (SSSR count). The Morgan fingerprint density at radius 1 is 1.02 bits per heavy atom. The number of nitrogens with zero attached hydrogens (tertiary/aromatic N) is 3. The van der Waals surface area contributed by atoms with Gasteiger partial charge in [0.1, 0.15) is 0 Å². The lowest BCUT2D eigenvalue weighted by Gasteiger charge is -2.35. The van der Waals surface area contributed by atoms with Gasteiger partial charge in [0.05, 0.1) is 37.3 Å². The number of aromatic amines is 1. The summed E-state index contributed by atoms with van der Waals surface area (Å²) in [5, 5.41) is 2.76. The van der Waals surface area contributed by atoms with Crippen molar-refractivity contribution in [3.63, 3.8) is 0 Å². The Morgan fingerprint density at radius 3 is 2.41 bits per heavy atom. The number of nitrogens with two attached hydrogens (primary N) is 1. The number of aromatic nitrogens is 2. The van der Waals surface area contributed by atoms with Crippen molar-refractivity contribution in [2.24, 2.45) is 5.73 Å². The molecule has 1 aliphatic heterocycles. The molecule has 1 aromatic heterocycles. The number of carbonyl (C=O) groups excluding carboxylic acids is 4. The molecule has 4 amide bonds. The second-order valence-electron chi connectivity index (χ2n) is 9.89. The van der Waals surface area contributed by atoms with E-state index in [1.165, 1.54) is 43.6 Å². The Bertz CT molecular complexity index is 1540. The van der Waals surface area contributed by atoms with Crippen LogP contribution < -0.4 is 15.8 Å². The number of anilines is 1. The van der Waals surface area contributed by atoms with Crippen molar-refractivity contribution >= 4 is 40.9 Å². The lowest BCUT2D eigenvalue weighted by molar-refractivity contribution is -0.133. The smallest absolute Gasteiger partial charge is 0.291 e. The van der Waals surface area contributed by atoms with Crippen molar-refractivity contribution in [2.45, 2.75) is 19.3 Å². The van der Waals surface area contributed by atoms with Crippen molar-refractivity contribution in [1.29, 1.82) is 0 Å². The summed E-state index contributed by atoms with van der Waals surface area (Å²) >= 11 is 6.39. The molecule has 1 saturated heterocycles. The zero-order valence-electron chi connectivity index (χ0n) is 23.8. The fourth-order valence-electron chi connectivity index (χ4n) is 4.51. The molecule has 0 radical (unpaired) electrons. The van der Waals surface area contributed by atoms with Crippen LogP contribution in [0.2, 0.25) is 5.02 Å². The number of nitrogens with one attached hydrogen (secondary N) is 2. The van der Waals surface area contributed by atoms with E-state index in [1.54, 1.807) is 9.80 Å². The normalized spacial score (nSPS) is 13.1. The standard InChI is InChI=1S/C29H31ClF2N6O6/c1-43-22-5-2-17(25(31)26(22)32)14-19-16-34-27(35-19)28(41)36-18-3-4-20(21(30)15-18)29(42)38-10-8-37(9-11-38)24(40)7-13-44-12-6-23(33)39/h2-5,15-16H,6-14H2,1H3,(H2,33,39)(H,34,35)(H,36,41). The Hall–Kier alpha value is -4.56. The lowest BCUT2D eigenvalue weighted by atomic mass is 10.1. The minimum atomic E-state index is -1.10. The fourth-order valence-corrected chi connectivity index (χ4v) is 4.78. The molecule has 3 aromatic rings. The van der Waals surface area contributed by atoms with Gasteiger partial charge in [0.2, 0.25) is 17.6 Å². The number of rotatable bonds is 12. The molecular weight excluding hydrogens is 602 g/mol. The van der Waals surface area contributed by atoms with Gasteiger partial charge in [0, 0.05) is 56.6 Å². The van der Waals surface area contributed by atoms with E-state index in [0.29, 0.717) is 37.6 Å². The number of hydrogen-bond acceptors (Lipinski definition) is 7. The molecule has 0 spiro atoms. The van der Waals surface area contributed by atoms with E-state index in [-0.39, 0.29) is 72.0 Å². The summed E-state index contributed by atoms with van der Waals surface area (Å²) in [4.78, 5) is 59.0. The molecule has 1 aliphatic rings. The highest BCUT2D eigenvalue weighted by atomic mass is 35.5. The van der Waals surface area contributed by atoms with E-state index < -0.39 is 23.4 Å². The van der Waals surface area contributed by atoms with Gasteiger partial charge < -0.3 is 35.3 Å². The number of carbonyl (C=O) groups is 4. The van der Waals surface area contributed by atoms with Gasteiger partial charge in [0.25, 0.3) is 11.8 Å². The summed E-state index contributed by atoms with van der Waals surface area (Å²) in [5.74, 6) is -3.92. The first-order valence-electron chi connectivity index (χ1n) is 13.7. The first-order valence-corrected chi connectivity index (χ1v) is 14.0. The Labute approximate surface area is 256 Å². The highest BCUT2D eigenvalue weighted by molar-refractivity contribution is 6.34. The van der Waals surface area contributed by atoms with Gasteiger partial charge in [-0.25, -0.2) is 9.37 Å². The average molecular weight is 633 g/mol. The summed E-state index contributed by atoms with van der Waals surface area (Å²) < 4.78 is 38.4. The number of primary amides is 1. The number of ether oxygens (including phenoxy) is 2. The molecule has 0 unspecified atom stereocenters. The molecular formula is C29H31ClF2N6O6. The maximum absolute atomic E-state index is 14.3. The number of imidazole rings is 1. The first-order chi connectivity index (χ1) is 21.1. The third kappa shape index (κ3) is 8.08. The van der Waals surface area contributed by atoms with Crippen LogP contribution in [0.1, 0.15) is 45.1 Å². The number of methoxy groups -OCH3 is 1. The van der Waals surface area contributed by atoms with Gasteiger partial charge in [-0.2, -0.15) is 4.39 Å². The number of halogens is 3. The summed E-state index contributed by atoms with van der Waals surface area (Å²) in [5.41, 5.74) is 6.04. The fraction of sp³-hybridized carbons (Fsp3) is 0.345. The molecule has 0 bridgehead atoms. The van der Waals surface area contributed by atoms with Crippen molar-refractivity contribution < 1.29 is 37.4 Å². The maximum Gasteiger partial charge on any atom is 0.291 e. The predicted octanol–water partition coefficient (Wildman–Crippen LogP) is 2.76. The second-order valence-corrected chi connectivity index (χ2v) is 10.3. The molecule has 1 fully saturated rings. The molecule has 44 heavy (non-hydrogen) atoms. The lowest BCUT2D eigenvalue weighted by Crippen LogP contribution is -2.50. The van der Waals surface area contributed by atoms with Crippen molar-refractivity contribution in [1.82, 2.24) is 19.8 Å². The molecule has 234 valence electrons. The van der Waals surface area contributed by atoms with Gasteiger partial charge in [-0.1, -0.05) is 17.7 Å². The van der Waals surface area contributed by atoms with Crippen LogP contribution in [-0.2, 0) is 20.7 Å². The summed E-state index contributed by atoms with van der Waals surface area (Å²) in [6.07, 6.45) is 1.56. The van der Waals surface area contributed by atoms with Gasteiger partial charge in [-0.15, -0.1) is 0 Å². The summed E-state index contributed by atoms with van der Waals surface area (Å²) in [6.45, 7) is 1.67. The number of H-pyrrole nitrogens is 1. The third-order valence-electron chi connectivity index (χ3n) is 6.90. The molecule has 2 aromatic carbocycles. The average Bonchev–Trinajstić information content (AvgIpc) is 3.48. The van der Waals surface area contributed by atoms with E-state index in [1.807, 2.05) is 0 Å². The van der Waals surface area contributed by atoms with Gasteiger partial charge in [-0.05, 0) is 29.8 Å². The van der Waals surface area contributed by atoms with Crippen molar-refractivity contribution in [3.8, 4) is 5.75 Å². The van der Waals surface area contributed by atoms with E-state index in [4.69, 9.17) is 26.8 Å². The topological polar surface area (TPSA) is 160 Å². The van der Waals surface area contributed by atoms with E-state index in [0.717, 1.165) is 0 Å². The van der Waals surface area contributed by atoms with Crippen LogP contribution in [-0.4, -0.2) is 89.9 Å². The largest absolute Gasteiger partial charge is 0.494 e. The Balaban J connectivity index is 1.28. The van der Waals surface area contributed by atoms with Crippen LogP contribution in [0, 0.1) is 11.6 Å². The molecule has 0 atom stereocenters. The summed E-state index contributed by atoms with van der Waals surface area (Å²) in [6, 6.07) is 7.15. The number of benzene rings is 2. The highest BCUT2D eigenvalue weighted by Gasteiger charge is 2.26. The molecule has 0 aliphatic carbocycles. The van der Waals surface area contributed by atoms with Crippen LogP contribution in [0.3, 0.4) is 0 Å². The van der Waals surface area contributed by atoms with Gasteiger partial charge in [-0.3, -0.25) is 19.2 Å². The van der Waals surface area contributed by atoms with Gasteiger partial charge in [0.15, 0.2) is 17.4 Å². The highest BCUT2D eigenvalue weighted by Crippen LogP contribution is 2.25.